The lowest BCUT2D eigenvalue weighted by atomic mass is 9.48. The Morgan fingerprint density at radius 1 is 1.06 bits per heavy atom. The summed E-state index contributed by atoms with van der Waals surface area (Å²) in [6, 6.07) is 0.656. The van der Waals surface area contributed by atoms with Crippen LogP contribution in [0.4, 0.5) is 0 Å². The van der Waals surface area contributed by atoms with Crippen LogP contribution >= 0.6 is 0 Å². The highest BCUT2D eigenvalue weighted by molar-refractivity contribution is 5.78. The number of rotatable bonds is 6. The molecule has 1 aliphatic heterocycles. The minimum atomic E-state index is 0.0305. The summed E-state index contributed by atoms with van der Waals surface area (Å²) in [6.45, 7) is 4.58. The van der Waals surface area contributed by atoms with Crippen molar-refractivity contribution < 1.29 is 4.79 Å². The Labute approximate surface area is 190 Å². The highest BCUT2D eigenvalue weighted by Crippen LogP contribution is 2.61. The van der Waals surface area contributed by atoms with Crippen LogP contribution in [0.1, 0.15) is 88.9 Å². The maximum Gasteiger partial charge on any atom is 0.345 e. The van der Waals surface area contributed by atoms with E-state index < -0.39 is 0 Å². The van der Waals surface area contributed by atoms with Gasteiger partial charge in [0, 0.05) is 25.0 Å². The van der Waals surface area contributed by atoms with E-state index >= 15 is 0 Å². The molecule has 1 saturated heterocycles. The number of piperidine rings is 1. The molecule has 32 heavy (non-hydrogen) atoms. The third kappa shape index (κ3) is 3.64. The maximum absolute atomic E-state index is 13.0. The highest BCUT2D eigenvalue weighted by Gasteiger charge is 2.53. The lowest BCUT2D eigenvalue weighted by molar-refractivity contribution is -0.127. The van der Waals surface area contributed by atoms with Crippen molar-refractivity contribution in [2.45, 2.75) is 89.1 Å². The summed E-state index contributed by atoms with van der Waals surface area (Å²) in [4.78, 5) is 27.7. The number of amides is 1. The number of hydrogen-bond donors (Lipinski definition) is 1. The molecular formula is C25H39N5O2. The van der Waals surface area contributed by atoms with E-state index in [1.807, 2.05) is 4.57 Å². The predicted molar refractivity (Wildman–Crippen MR) is 122 cm³/mol. The summed E-state index contributed by atoms with van der Waals surface area (Å²) in [5.41, 5.74) is 0.394. The molecule has 1 amide bonds. The molecule has 1 unspecified atom stereocenters. The van der Waals surface area contributed by atoms with Crippen molar-refractivity contribution in [3.05, 3.63) is 16.3 Å². The van der Waals surface area contributed by atoms with Gasteiger partial charge >= 0.3 is 5.69 Å². The molecule has 7 heteroatoms. The van der Waals surface area contributed by atoms with Crippen LogP contribution < -0.4 is 11.0 Å². The molecule has 1 atom stereocenters. The molecule has 7 rings (SSSR count). The number of hydrogen-bond acceptors (Lipinski definition) is 4. The fourth-order valence-corrected chi connectivity index (χ4v) is 8.15. The van der Waals surface area contributed by atoms with Crippen LogP contribution in [0, 0.1) is 23.2 Å². The van der Waals surface area contributed by atoms with Gasteiger partial charge in [-0.05, 0) is 107 Å². The van der Waals surface area contributed by atoms with Gasteiger partial charge in [-0.25, -0.2) is 9.48 Å². The standard InChI is InChI=1S/C25H39N5O2/c1-16(25-12-17-9-18(13-25)11-19(10-17)14-25)26-22(31)15-29-7-5-20(6-8-29)23-27-28(2)24(32)30(23)21-3-4-21/h16-21H,3-15H2,1-2H3,(H,26,31). The van der Waals surface area contributed by atoms with Gasteiger partial charge in [-0.15, -0.1) is 0 Å². The second-order valence-electron chi connectivity index (χ2n) is 12.0. The van der Waals surface area contributed by atoms with E-state index in [1.165, 1.54) is 43.2 Å². The van der Waals surface area contributed by atoms with Gasteiger partial charge < -0.3 is 5.32 Å². The molecule has 0 radical (unpaired) electrons. The molecule has 0 aromatic carbocycles. The molecule has 176 valence electrons. The summed E-state index contributed by atoms with van der Waals surface area (Å²) in [5, 5.41) is 8.01. The first-order valence-corrected chi connectivity index (χ1v) is 13.1. The van der Waals surface area contributed by atoms with Crippen LogP contribution in [0.3, 0.4) is 0 Å². The Balaban J connectivity index is 1.03. The van der Waals surface area contributed by atoms with Crippen molar-refractivity contribution in [1.29, 1.82) is 0 Å². The first kappa shape index (κ1) is 20.9. The number of carbonyl (C=O) groups is 1. The van der Waals surface area contributed by atoms with Crippen molar-refractivity contribution in [2.24, 2.45) is 30.2 Å². The minimum Gasteiger partial charge on any atom is -0.352 e. The third-order valence-electron chi connectivity index (χ3n) is 9.60. The fourth-order valence-electron chi connectivity index (χ4n) is 8.15. The van der Waals surface area contributed by atoms with Crippen molar-refractivity contribution >= 4 is 5.91 Å². The van der Waals surface area contributed by atoms with E-state index in [9.17, 15) is 9.59 Å². The quantitative estimate of drug-likeness (QED) is 0.737. The highest BCUT2D eigenvalue weighted by atomic mass is 16.2. The number of aromatic nitrogens is 3. The van der Waals surface area contributed by atoms with Crippen molar-refractivity contribution in [3.8, 4) is 0 Å². The second-order valence-corrected chi connectivity index (χ2v) is 12.0. The van der Waals surface area contributed by atoms with E-state index in [2.05, 4.69) is 22.2 Å². The molecule has 6 fully saturated rings. The average Bonchev–Trinajstić information content (AvgIpc) is 3.53. The van der Waals surface area contributed by atoms with E-state index in [1.54, 1.807) is 7.05 Å². The molecule has 5 aliphatic carbocycles. The van der Waals surface area contributed by atoms with Crippen molar-refractivity contribution in [1.82, 2.24) is 24.6 Å². The van der Waals surface area contributed by atoms with E-state index in [0.717, 1.165) is 62.4 Å². The monoisotopic (exact) mass is 441 g/mol. The zero-order chi connectivity index (χ0) is 22.0. The van der Waals surface area contributed by atoms with Crippen LogP contribution in [0.2, 0.25) is 0 Å². The molecule has 1 aromatic rings. The van der Waals surface area contributed by atoms with Crippen LogP contribution in [-0.4, -0.2) is 50.8 Å². The van der Waals surface area contributed by atoms with Gasteiger partial charge in [-0.3, -0.25) is 14.3 Å². The van der Waals surface area contributed by atoms with Gasteiger partial charge in [0.05, 0.1) is 6.54 Å². The Morgan fingerprint density at radius 2 is 1.66 bits per heavy atom. The minimum absolute atomic E-state index is 0.0305. The van der Waals surface area contributed by atoms with Gasteiger partial charge in [-0.2, -0.15) is 5.10 Å². The smallest absolute Gasteiger partial charge is 0.345 e. The van der Waals surface area contributed by atoms with Gasteiger partial charge in [0.15, 0.2) is 0 Å². The predicted octanol–water partition coefficient (Wildman–Crippen LogP) is 2.82. The summed E-state index contributed by atoms with van der Waals surface area (Å²) in [6.07, 6.45) is 12.5. The Hall–Kier alpha value is -1.63. The molecule has 7 nitrogen and oxygen atoms in total. The molecule has 4 bridgehead atoms. The fraction of sp³-hybridized carbons (Fsp3) is 0.880. The molecule has 6 aliphatic rings. The van der Waals surface area contributed by atoms with Gasteiger partial charge in [0.1, 0.15) is 5.82 Å². The molecule has 2 heterocycles. The summed E-state index contributed by atoms with van der Waals surface area (Å²) >= 11 is 0. The summed E-state index contributed by atoms with van der Waals surface area (Å²) in [7, 11) is 1.76. The van der Waals surface area contributed by atoms with Crippen LogP contribution in [-0.2, 0) is 11.8 Å². The number of nitrogens with zero attached hydrogens (tertiary/aromatic N) is 4. The van der Waals surface area contributed by atoms with E-state index in [4.69, 9.17) is 0 Å². The lowest BCUT2D eigenvalue weighted by Crippen LogP contribution is -2.56. The number of likely N-dealkylation sites (tertiary alicyclic amines) is 1. The molecule has 5 saturated carbocycles. The van der Waals surface area contributed by atoms with Crippen LogP contribution in [0.25, 0.3) is 0 Å². The van der Waals surface area contributed by atoms with E-state index in [-0.39, 0.29) is 11.6 Å². The van der Waals surface area contributed by atoms with Gasteiger partial charge in [0.25, 0.3) is 0 Å². The molecule has 1 aromatic heterocycles. The van der Waals surface area contributed by atoms with Crippen LogP contribution in [0.15, 0.2) is 4.79 Å². The summed E-state index contributed by atoms with van der Waals surface area (Å²) in [5.74, 6) is 4.24. The first-order valence-electron chi connectivity index (χ1n) is 13.1. The SMILES string of the molecule is CC(NC(=O)CN1CCC(c2nn(C)c(=O)n2C2CC2)CC1)C12CC3CC(CC(C3)C1)C2. The Kier molecular flexibility index (Phi) is 5.05. The maximum atomic E-state index is 13.0. The average molecular weight is 442 g/mol. The Bertz CT molecular complexity index is 901. The Morgan fingerprint density at radius 3 is 2.22 bits per heavy atom. The molecular weight excluding hydrogens is 402 g/mol. The first-order chi connectivity index (χ1) is 15.4. The van der Waals surface area contributed by atoms with Crippen molar-refractivity contribution in [2.75, 3.05) is 19.6 Å². The van der Waals surface area contributed by atoms with Gasteiger partial charge in [-0.1, -0.05) is 0 Å². The number of aryl methyl sites for hydroxylation is 1. The second kappa shape index (κ2) is 7.71. The topological polar surface area (TPSA) is 72.2 Å². The number of carbonyl (C=O) groups excluding carboxylic acids is 1. The lowest BCUT2D eigenvalue weighted by Gasteiger charge is -2.59. The van der Waals surface area contributed by atoms with Crippen LogP contribution in [0.5, 0.6) is 0 Å². The zero-order valence-electron chi connectivity index (χ0n) is 19.8. The molecule has 1 N–H and O–H groups in total. The normalized spacial score (nSPS) is 35.9. The molecule has 0 spiro atoms. The van der Waals surface area contributed by atoms with Crippen molar-refractivity contribution in [3.63, 3.8) is 0 Å². The largest absolute Gasteiger partial charge is 0.352 e. The summed E-state index contributed by atoms with van der Waals surface area (Å²) < 4.78 is 3.44. The zero-order valence-corrected chi connectivity index (χ0v) is 19.8. The number of nitrogens with one attached hydrogen (secondary N) is 1. The van der Waals surface area contributed by atoms with Gasteiger partial charge in [0.2, 0.25) is 5.91 Å². The third-order valence-corrected chi connectivity index (χ3v) is 9.60. The van der Waals surface area contributed by atoms with E-state index in [0.29, 0.717) is 30.0 Å².